The van der Waals surface area contributed by atoms with Crippen LogP contribution in [0, 0.1) is 19.7 Å². The predicted octanol–water partition coefficient (Wildman–Crippen LogP) is 3.47. The fraction of sp³-hybridized carbons (Fsp3) is 0.318. The fourth-order valence-electron chi connectivity index (χ4n) is 3.12. The molecule has 3 rings (SSSR count). The molecule has 0 aliphatic rings. The van der Waals surface area contributed by atoms with E-state index in [1.807, 2.05) is 39.0 Å². The molecular weight excluding hydrogens is 417 g/mol. The molecule has 0 aliphatic carbocycles. The van der Waals surface area contributed by atoms with Gasteiger partial charge in [-0.05, 0) is 49.6 Å². The Hall–Kier alpha value is -3.07. The lowest BCUT2D eigenvalue weighted by Gasteiger charge is -2.20. The number of thioether (sulfide) groups is 1. The molecule has 0 bridgehead atoms. The van der Waals surface area contributed by atoms with Crippen molar-refractivity contribution in [2.75, 3.05) is 18.1 Å². The predicted molar refractivity (Wildman–Crippen MR) is 119 cm³/mol. The Bertz CT molecular complexity index is 1040. The number of ether oxygens (including phenoxy) is 1. The number of carbonyl (C=O) groups excluding carboxylic acids is 1. The number of para-hydroxylation sites is 1. The molecule has 0 saturated heterocycles. The van der Waals surface area contributed by atoms with Crippen LogP contribution in [-0.2, 0) is 17.9 Å². The molecule has 1 amide bonds. The van der Waals surface area contributed by atoms with Crippen LogP contribution < -0.4 is 10.6 Å². The highest BCUT2D eigenvalue weighted by atomic mass is 32.2. The number of carbonyl (C=O) groups is 1. The summed E-state index contributed by atoms with van der Waals surface area (Å²) in [4.78, 5) is 14.3. The number of rotatable bonds is 9. The van der Waals surface area contributed by atoms with Crippen molar-refractivity contribution < 1.29 is 13.9 Å². The SMILES string of the molecule is CCN(Cc1cccc(F)c1)C(=O)CSc1nnc(COc2c(C)cccc2C)n1N. The fourth-order valence-corrected chi connectivity index (χ4v) is 3.90. The standard InChI is InChI=1S/C22H26FN5O2S/c1-4-27(12-17-9-6-10-18(23)11-17)20(29)14-31-22-26-25-19(28(22)24)13-30-21-15(2)7-5-8-16(21)3/h5-11H,4,12-14,24H2,1-3H3. The lowest BCUT2D eigenvalue weighted by Crippen LogP contribution is -2.32. The number of nitrogens with zero attached hydrogens (tertiary/aromatic N) is 4. The number of nitrogen functional groups attached to an aromatic ring is 1. The molecule has 0 spiro atoms. The van der Waals surface area contributed by atoms with Crippen LogP contribution >= 0.6 is 11.8 Å². The van der Waals surface area contributed by atoms with E-state index in [2.05, 4.69) is 10.2 Å². The van der Waals surface area contributed by atoms with Gasteiger partial charge in [-0.25, -0.2) is 9.07 Å². The largest absolute Gasteiger partial charge is 0.485 e. The summed E-state index contributed by atoms with van der Waals surface area (Å²) in [6.07, 6.45) is 0. The lowest BCUT2D eigenvalue weighted by molar-refractivity contribution is -0.128. The van der Waals surface area contributed by atoms with E-state index in [0.717, 1.165) is 22.4 Å². The summed E-state index contributed by atoms with van der Waals surface area (Å²) in [5, 5.41) is 8.59. The van der Waals surface area contributed by atoms with Crippen molar-refractivity contribution in [3.8, 4) is 5.75 Å². The van der Waals surface area contributed by atoms with Gasteiger partial charge in [-0.2, -0.15) is 0 Å². The Morgan fingerprint density at radius 1 is 1.19 bits per heavy atom. The molecular formula is C22H26FN5O2S. The highest BCUT2D eigenvalue weighted by molar-refractivity contribution is 7.99. The Labute approximate surface area is 185 Å². The maximum absolute atomic E-state index is 13.4. The van der Waals surface area contributed by atoms with Crippen molar-refractivity contribution in [3.63, 3.8) is 0 Å². The molecule has 1 aromatic heterocycles. The molecule has 3 aromatic rings. The normalized spacial score (nSPS) is 10.8. The zero-order valence-corrected chi connectivity index (χ0v) is 18.7. The number of amides is 1. The van der Waals surface area contributed by atoms with E-state index in [9.17, 15) is 9.18 Å². The van der Waals surface area contributed by atoms with Gasteiger partial charge in [-0.3, -0.25) is 4.79 Å². The van der Waals surface area contributed by atoms with Gasteiger partial charge in [0.2, 0.25) is 11.1 Å². The first-order valence-corrected chi connectivity index (χ1v) is 10.9. The second-order valence-electron chi connectivity index (χ2n) is 7.10. The zero-order chi connectivity index (χ0) is 22.4. The van der Waals surface area contributed by atoms with Crippen LogP contribution in [0.2, 0.25) is 0 Å². The molecule has 0 aliphatic heterocycles. The van der Waals surface area contributed by atoms with Crippen LogP contribution in [0.5, 0.6) is 5.75 Å². The molecule has 2 N–H and O–H groups in total. The summed E-state index contributed by atoms with van der Waals surface area (Å²) in [7, 11) is 0. The van der Waals surface area contributed by atoms with Gasteiger partial charge < -0.3 is 15.5 Å². The Morgan fingerprint density at radius 3 is 2.58 bits per heavy atom. The van der Waals surface area contributed by atoms with Crippen molar-refractivity contribution in [3.05, 3.63) is 70.8 Å². The minimum absolute atomic E-state index is 0.0897. The number of nitrogens with two attached hydrogens (primary N) is 1. The third-order valence-electron chi connectivity index (χ3n) is 4.81. The maximum Gasteiger partial charge on any atom is 0.233 e. The van der Waals surface area contributed by atoms with Gasteiger partial charge in [0.1, 0.15) is 18.2 Å². The Morgan fingerprint density at radius 2 is 1.90 bits per heavy atom. The van der Waals surface area contributed by atoms with Crippen molar-refractivity contribution in [2.45, 2.75) is 39.1 Å². The second-order valence-corrected chi connectivity index (χ2v) is 8.05. The summed E-state index contributed by atoms with van der Waals surface area (Å²) < 4.78 is 20.6. The molecule has 9 heteroatoms. The number of hydrogen-bond acceptors (Lipinski definition) is 6. The molecule has 0 saturated carbocycles. The monoisotopic (exact) mass is 443 g/mol. The van der Waals surface area contributed by atoms with Crippen molar-refractivity contribution in [1.82, 2.24) is 19.8 Å². The molecule has 0 radical (unpaired) electrons. The van der Waals surface area contributed by atoms with Gasteiger partial charge in [0.25, 0.3) is 0 Å². The average Bonchev–Trinajstić information content (AvgIpc) is 3.09. The quantitative estimate of drug-likeness (QED) is 0.403. The van der Waals surface area contributed by atoms with E-state index < -0.39 is 0 Å². The third-order valence-corrected chi connectivity index (χ3v) is 5.74. The first-order chi connectivity index (χ1) is 14.9. The molecule has 164 valence electrons. The average molecular weight is 444 g/mol. The highest BCUT2D eigenvalue weighted by Gasteiger charge is 2.17. The summed E-state index contributed by atoms with van der Waals surface area (Å²) in [5.74, 6) is 7.10. The minimum Gasteiger partial charge on any atom is -0.485 e. The summed E-state index contributed by atoms with van der Waals surface area (Å²) in [6, 6.07) is 12.2. The minimum atomic E-state index is -0.317. The first kappa shape index (κ1) is 22.6. The van der Waals surface area contributed by atoms with Gasteiger partial charge in [-0.15, -0.1) is 10.2 Å². The molecule has 7 nitrogen and oxygen atoms in total. The van der Waals surface area contributed by atoms with E-state index in [1.54, 1.807) is 17.0 Å². The van der Waals surface area contributed by atoms with Gasteiger partial charge in [0.05, 0.1) is 5.75 Å². The lowest BCUT2D eigenvalue weighted by atomic mass is 10.1. The Kier molecular flexibility index (Phi) is 7.51. The number of benzene rings is 2. The number of aromatic nitrogens is 3. The van der Waals surface area contributed by atoms with Crippen molar-refractivity contribution in [2.24, 2.45) is 0 Å². The van der Waals surface area contributed by atoms with Gasteiger partial charge in [0, 0.05) is 13.1 Å². The summed E-state index contributed by atoms with van der Waals surface area (Å²) in [5.41, 5.74) is 2.80. The maximum atomic E-state index is 13.4. The smallest absolute Gasteiger partial charge is 0.233 e. The van der Waals surface area contributed by atoms with Gasteiger partial charge in [-0.1, -0.05) is 42.1 Å². The van der Waals surface area contributed by atoms with Crippen LogP contribution in [0.3, 0.4) is 0 Å². The van der Waals surface area contributed by atoms with E-state index in [1.165, 1.54) is 28.6 Å². The number of hydrogen-bond donors (Lipinski definition) is 1. The summed E-state index contributed by atoms with van der Waals surface area (Å²) in [6.45, 7) is 6.87. The Balaban J connectivity index is 1.58. The van der Waals surface area contributed by atoms with Gasteiger partial charge >= 0.3 is 0 Å². The molecule has 0 fully saturated rings. The number of halogens is 1. The van der Waals surface area contributed by atoms with Crippen LogP contribution in [0.1, 0.15) is 29.4 Å². The van der Waals surface area contributed by atoms with Gasteiger partial charge in [0.15, 0.2) is 5.82 Å². The van der Waals surface area contributed by atoms with Crippen LogP contribution in [0.15, 0.2) is 47.6 Å². The van der Waals surface area contributed by atoms with E-state index in [4.69, 9.17) is 10.6 Å². The number of aryl methyl sites for hydroxylation is 2. The molecule has 31 heavy (non-hydrogen) atoms. The molecule has 2 aromatic carbocycles. The van der Waals surface area contributed by atoms with E-state index in [0.29, 0.717) is 24.1 Å². The van der Waals surface area contributed by atoms with Crippen LogP contribution in [0.25, 0.3) is 0 Å². The van der Waals surface area contributed by atoms with Crippen LogP contribution in [-0.4, -0.2) is 38.0 Å². The topological polar surface area (TPSA) is 86.3 Å². The molecule has 1 heterocycles. The highest BCUT2D eigenvalue weighted by Crippen LogP contribution is 2.24. The summed E-state index contributed by atoms with van der Waals surface area (Å²) >= 11 is 1.20. The second kappa shape index (κ2) is 10.3. The third kappa shape index (κ3) is 5.75. The van der Waals surface area contributed by atoms with E-state index in [-0.39, 0.29) is 24.1 Å². The molecule has 0 atom stereocenters. The van der Waals surface area contributed by atoms with E-state index >= 15 is 0 Å². The van der Waals surface area contributed by atoms with Crippen LogP contribution in [0.4, 0.5) is 4.39 Å². The van der Waals surface area contributed by atoms with Crippen molar-refractivity contribution in [1.29, 1.82) is 0 Å². The zero-order valence-electron chi connectivity index (χ0n) is 17.8. The first-order valence-electron chi connectivity index (χ1n) is 9.92. The molecule has 0 unspecified atom stereocenters. The van der Waals surface area contributed by atoms with Crippen molar-refractivity contribution >= 4 is 17.7 Å².